The van der Waals surface area contributed by atoms with Crippen LogP contribution in [0.2, 0.25) is 0 Å². The molecule has 0 amide bonds. The van der Waals surface area contributed by atoms with Crippen molar-refractivity contribution in [2.45, 2.75) is 27.3 Å². The fourth-order valence-corrected chi connectivity index (χ4v) is 4.79. The second-order valence-corrected chi connectivity index (χ2v) is 7.94. The van der Waals surface area contributed by atoms with Gasteiger partial charge in [0.1, 0.15) is 0 Å². The highest BCUT2D eigenvalue weighted by molar-refractivity contribution is 7.24. The first kappa shape index (κ1) is 19.8. The number of likely N-dealkylation sites (N-methyl/N-ethyl adjacent to an activating group) is 1. The van der Waals surface area contributed by atoms with Crippen molar-refractivity contribution in [1.82, 2.24) is 10.2 Å². The van der Waals surface area contributed by atoms with Gasteiger partial charge >= 0.3 is 0 Å². The first-order valence-electron chi connectivity index (χ1n) is 9.68. The normalized spacial score (nSPS) is 11.6. The zero-order chi connectivity index (χ0) is 19.4. The molecular formula is C22H29N3OS. The summed E-state index contributed by atoms with van der Waals surface area (Å²) in [6.45, 7) is 11.1. The Hall–Kier alpha value is -1.95. The van der Waals surface area contributed by atoms with Crippen molar-refractivity contribution < 1.29 is 0 Å². The third kappa shape index (κ3) is 4.15. The fourth-order valence-electron chi connectivity index (χ4n) is 3.48. The number of benzene rings is 2. The summed E-state index contributed by atoms with van der Waals surface area (Å²) >= 11 is 1.72. The van der Waals surface area contributed by atoms with Crippen LogP contribution in [0.4, 0.5) is 5.69 Å². The number of hydrogen-bond donors (Lipinski definition) is 2. The average Bonchev–Trinajstić information content (AvgIpc) is 2.66. The SMILES string of the molecule is CCN(CC)CCNc1ccc(CNC)c2sc3cc(C)ccc3c(=O)c12. The second-order valence-electron chi connectivity index (χ2n) is 6.89. The van der Waals surface area contributed by atoms with Gasteiger partial charge in [0.05, 0.1) is 5.39 Å². The van der Waals surface area contributed by atoms with Gasteiger partial charge in [0, 0.05) is 40.1 Å². The molecule has 1 aromatic heterocycles. The molecule has 0 unspecified atom stereocenters. The summed E-state index contributed by atoms with van der Waals surface area (Å²) in [6, 6.07) is 10.3. The van der Waals surface area contributed by atoms with Crippen LogP contribution >= 0.6 is 11.3 Å². The van der Waals surface area contributed by atoms with E-state index in [4.69, 9.17) is 0 Å². The van der Waals surface area contributed by atoms with E-state index in [9.17, 15) is 4.79 Å². The number of nitrogens with one attached hydrogen (secondary N) is 2. The summed E-state index contributed by atoms with van der Waals surface area (Å²) in [5, 5.41) is 8.38. The average molecular weight is 384 g/mol. The van der Waals surface area contributed by atoms with Crippen LogP contribution < -0.4 is 16.1 Å². The molecule has 0 radical (unpaired) electrons. The first-order valence-corrected chi connectivity index (χ1v) is 10.5. The van der Waals surface area contributed by atoms with E-state index < -0.39 is 0 Å². The minimum Gasteiger partial charge on any atom is -0.383 e. The van der Waals surface area contributed by atoms with Crippen molar-refractivity contribution in [2.75, 3.05) is 38.5 Å². The standard InChI is InChI=1S/C22H29N3OS/c1-5-25(6-2)12-11-24-18-10-8-16(14-23-4)22-20(18)21(26)17-9-7-15(3)13-19(17)27-22/h7-10,13,23-24H,5-6,11-12,14H2,1-4H3. The van der Waals surface area contributed by atoms with Crippen LogP contribution in [0.15, 0.2) is 35.1 Å². The van der Waals surface area contributed by atoms with E-state index in [0.717, 1.165) is 58.6 Å². The quantitative estimate of drug-likeness (QED) is 0.572. The molecule has 5 heteroatoms. The van der Waals surface area contributed by atoms with E-state index in [-0.39, 0.29) is 5.43 Å². The smallest absolute Gasteiger partial charge is 0.197 e. The van der Waals surface area contributed by atoms with E-state index in [0.29, 0.717) is 0 Å². The highest BCUT2D eigenvalue weighted by Crippen LogP contribution is 2.32. The molecular weight excluding hydrogens is 354 g/mol. The van der Waals surface area contributed by atoms with Gasteiger partial charge < -0.3 is 15.5 Å². The van der Waals surface area contributed by atoms with Crippen LogP contribution in [0.25, 0.3) is 20.2 Å². The monoisotopic (exact) mass is 383 g/mol. The van der Waals surface area contributed by atoms with Crippen molar-refractivity contribution in [2.24, 2.45) is 0 Å². The Morgan fingerprint density at radius 1 is 1.11 bits per heavy atom. The predicted molar refractivity (Wildman–Crippen MR) is 119 cm³/mol. The molecule has 0 saturated heterocycles. The van der Waals surface area contributed by atoms with E-state index >= 15 is 0 Å². The van der Waals surface area contributed by atoms with Crippen LogP contribution in [0.5, 0.6) is 0 Å². The van der Waals surface area contributed by atoms with Gasteiger partial charge in [-0.3, -0.25) is 4.79 Å². The molecule has 0 aliphatic rings. The third-order valence-corrected chi connectivity index (χ3v) is 6.29. The summed E-state index contributed by atoms with van der Waals surface area (Å²) < 4.78 is 2.14. The van der Waals surface area contributed by atoms with Crippen molar-refractivity contribution >= 4 is 37.2 Å². The van der Waals surface area contributed by atoms with Gasteiger partial charge in [-0.05, 0) is 56.4 Å². The maximum atomic E-state index is 13.3. The zero-order valence-corrected chi connectivity index (χ0v) is 17.5. The molecule has 0 bridgehead atoms. The molecule has 144 valence electrons. The third-order valence-electron chi connectivity index (χ3n) is 5.07. The summed E-state index contributed by atoms with van der Waals surface area (Å²) in [4.78, 5) is 15.7. The second kappa shape index (κ2) is 8.83. The van der Waals surface area contributed by atoms with E-state index in [1.165, 1.54) is 11.1 Å². The maximum absolute atomic E-state index is 13.3. The van der Waals surface area contributed by atoms with Gasteiger partial charge in [0.2, 0.25) is 0 Å². The molecule has 0 fully saturated rings. The zero-order valence-electron chi connectivity index (χ0n) is 16.7. The van der Waals surface area contributed by atoms with Gasteiger partial charge in [-0.2, -0.15) is 0 Å². The van der Waals surface area contributed by atoms with Gasteiger partial charge in [-0.15, -0.1) is 11.3 Å². The summed E-state index contributed by atoms with van der Waals surface area (Å²) in [6.07, 6.45) is 0. The fraction of sp³-hybridized carbons (Fsp3) is 0.409. The predicted octanol–water partition coefficient (Wildman–Crippen LogP) is 4.20. The van der Waals surface area contributed by atoms with Crippen LogP contribution in [-0.2, 0) is 6.54 Å². The summed E-state index contributed by atoms with van der Waals surface area (Å²) in [5.41, 5.74) is 3.43. The number of aryl methyl sites for hydroxylation is 1. The minimum atomic E-state index is 0.127. The Labute approximate surface area is 165 Å². The van der Waals surface area contributed by atoms with E-state index in [2.05, 4.69) is 54.5 Å². The largest absolute Gasteiger partial charge is 0.383 e. The van der Waals surface area contributed by atoms with Crippen molar-refractivity contribution in [1.29, 1.82) is 0 Å². The van der Waals surface area contributed by atoms with Crippen LogP contribution in [0.1, 0.15) is 25.0 Å². The van der Waals surface area contributed by atoms with Crippen molar-refractivity contribution in [3.05, 3.63) is 51.7 Å². The number of nitrogens with zero attached hydrogens (tertiary/aromatic N) is 1. The molecule has 0 aliphatic carbocycles. The lowest BCUT2D eigenvalue weighted by Crippen LogP contribution is -2.28. The lowest BCUT2D eigenvalue weighted by molar-refractivity contribution is 0.316. The van der Waals surface area contributed by atoms with Gasteiger partial charge in [0.25, 0.3) is 0 Å². The molecule has 2 N–H and O–H groups in total. The Balaban J connectivity index is 2.10. The molecule has 0 aliphatic heterocycles. The Morgan fingerprint density at radius 3 is 2.59 bits per heavy atom. The molecule has 0 spiro atoms. The van der Waals surface area contributed by atoms with E-state index in [1.54, 1.807) is 11.3 Å². The van der Waals surface area contributed by atoms with Gasteiger partial charge in [-0.1, -0.05) is 26.0 Å². The van der Waals surface area contributed by atoms with Crippen molar-refractivity contribution in [3.63, 3.8) is 0 Å². The summed E-state index contributed by atoms with van der Waals surface area (Å²) in [5.74, 6) is 0. The van der Waals surface area contributed by atoms with Crippen LogP contribution in [0.3, 0.4) is 0 Å². The summed E-state index contributed by atoms with van der Waals surface area (Å²) in [7, 11) is 1.94. The number of rotatable bonds is 8. The minimum absolute atomic E-state index is 0.127. The molecule has 0 atom stereocenters. The first-order chi connectivity index (χ1) is 13.1. The molecule has 0 saturated carbocycles. The van der Waals surface area contributed by atoms with Crippen LogP contribution in [-0.4, -0.2) is 38.1 Å². The Morgan fingerprint density at radius 2 is 1.89 bits per heavy atom. The highest BCUT2D eigenvalue weighted by Gasteiger charge is 2.14. The molecule has 27 heavy (non-hydrogen) atoms. The molecule has 3 aromatic rings. The Bertz CT molecular complexity index is 992. The number of anilines is 1. The lowest BCUT2D eigenvalue weighted by Gasteiger charge is -2.19. The molecule has 2 aromatic carbocycles. The lowest BCUT2D eigenvalue weighted by atomic mass is 10.1. The van der Waals surface area contributed by atoms with Crippen molar-refractivity contribution in [3.8, 4) is 0 Å². The topological polar surface area (TPSA) is 44.4 Å². The van der Waals surface area contributed by atoms with Crippen LogP contribution in [0, 0.1) is 6.92 Å². The maximum Gasteiger partial charge on any atom is 0.197 e. The van der Waals surface area contributed by atoms with Gasteiger partial charge in [-0.25, -0.2) is 0 Å². The molecule has 4 nitrogen and oxygen atoms in total. The van der Waals surface area contributed by atoms with Gasteiger partial charge in [0.15, 0.2) is 5.43 Å². The highest BCUT2D eigenvalue weighted by atomic mass is 32.1. The molecule has 3 rings (SSSR count). The number of hydrogen-bond acceptors (Lipinski definition) is 5. The molecule has 1 heterocycles. The Kier molecular flexibility index (Phi) is 6.47. The number of fused-ring (bicyclic) bond motifs is 2. The van der Waals surface area contributed by atoms with E-state index in [1.807, 2.05) is 19.2 Å².